The average Bonchev–Trinajstić information content (AvgIpc) is 2.19. The summed E-state index contributed by atoms with van der Waals surface area (Å²) in [5.41, 5.74) is -1.57. The molecule has 0 amide bonds. The minimum absolute atomic E-state index is 0.0440. The lowest BCUT2D eigenvalue weighted by Crippen LogP contribution is -2.36. The van der Waals surface area contributed by atoms with Crippen LogP contribution in [0.4, 0.5) is 0 Å². The van der Waals surface area contributed by atoms with Gasteiger partial charge in [-0.3, -0.25) is 0 Å². The van der Waals surface area contributed by atoms with Crippen LogP contribution in [0, 0.1) is 5.21 Å². The molecule has 0 spiro atoms. The van der Waals surface area contributed by atoms with Crippen molar-refractivity contribution >= 4 is 5.97 Å². The molecule has 0 aromatic carbocycles. The predicted octanol–water partition coefficient (Wildman–Crippen LogP) is 0.238. The van der Waals surface area contributed by atoms with E-state index in [1.165, 1.54) is 12.2 Å². The number of hydroxylamine groups is 1. The molecule has 0 aromatic rings. The summed E-state index contributed by atoms with van der Waals surface area (Å²) in [5.74, 6) is -1.22. The zero-order valence-electron chi connectivity index (χ0n) is 7.33. The van der Waals surface area contributed by atoms with Crippen molar-refractivity contribution in [3.63, 3.8) is 0 Å². The van der Waals surface area contributed by atoms with Gasteiger partial charge >= 0.3 is 5.97 Å². The summed E-state index contributed by atoms with van der Waals surface area (Å²) in [6.07, 6.45) is 6.20. The Morgan fingerprint density at radius 3 is 2.79 bits per heavy atom. The average molecular weight is 198 g/mol. The SMILES string of the molecule is O=C(O)C1(N=[N+]([O-])CO)C=CC=CC1. The van der Waals surface area contributed by atoms with E-state index >= 15 is 0 Å². The van der Waals surface area contributed by atoms with E-state index < -0.39 is 18.2 Å². The molecule has 1 rings (SSSR count). The number of rotatable bonds is 3. The maximum absolute atomic E-state index is 10.9. The number of allylic oxidation sites excluding steroid dienone is 2. The second-order valence-corrected chi connectivity index (χ2v) is 2.81. The zero-order valence-corrected chi connectivity index (χ0v) is 7.33. The fourth-order valence-corrected chi connectivity index (χ4v) is 1.12. The smallest absolute Gasteiger partial charge is 0.342 e. The Bertz CT molecular complexity index is 321. The Morgan fingerprint density at radius 2 is 2.36 bits per heavy atom. The number of carboxylic acid groups (broad SMARTS) is 1. The van der Waals surface area contributed by atoms with Crippen LogP contribution >= 0.6 is 0 Å². The highest BCUT2D eigenvalue weighted by Crippen LogP contribution is 2.23. The molecule has 1 aliphatic rings. The standard InChI is InChI=1S/C8H10N2O4/c11-6-10(14)9-8(7(12)13)4-2-1-3-5-8/h1-4,11H,5-6H2,(H,12,13). The highest BCUT2D eigenvalue weighted by atomic mass is 16.5. The Morgan fingerprint density at radius 1 is 1.64 bits per heavy atom. The van der Waals surface area contributed by atoms with Gasteiger partial charge in [0.2, 0.25) is 5.54 Å². The van der Waals surface area contributed by atoms with Crippen molar-refractivity contribution in [1.29, 1.82) is 0 Å². The molecule has 0 aromatic heterocycles. The van der Waals surface area contributed by atoms with Crippen molar-refractivity contribution in [2.75, 3.05) is 6.73 Å². The first kappa shape index (κ1) is 10.4. The van der Waals surface area contributed by atoms with Crippen molar-refractivity contribution in [1.82, 2.24) is 0 Å². The maximum atomic E-state index is 10.9. The van der Waals surface area contributed by atoms with Gasteiger partial charge in [-0.25, -0.2) is 4.79 Å². The third-order valence-electron chi connectivity index (χ3n) is 1.83. The number of hydrogen-bond donors (Lipinski definition) is 2. The third kappa shape index (κ3) is 1.97. The Labute approximate surface area is 80.1 Å². The van der Waals surface area contributed by atoms with Gasteiger partial charge in [0, 0.05) is 6.42 Å². The van der Waals surface area contributed by atoms with Gasteiger partial charge in [0.25, 0.3) is 6.73 Å². The van der Waals surface area contributed by atoms with E-state index in [-0.39, 0.29) is 11.3 Å². The number of nitrogens with zero attached hydrogens (tertiary/aromatic N) is 2. The summed E-state index contributed by atoms with van der Waals surface area (Å²) >= 11 is 0. The lowest BCUT2D eigenvalue weighted by atomic mass is 9.93. The molecule has 6 nitrogen and oxygen atoms in total. The molecule has 2 N–H and O–H groups in total. The van der Waals surface area contributed by atoms with E-state index in [0.717, 1.165) is 0 Å². The Balaban J connectivity index is 3.00. The Kier molecular flexibility index (Phi) is 2.98. The summed E-state index contributed by atoms with van der Waals surface area (Å²) in [4.78, 5) is 10.9. The summed E-state index contributed by atoms with van der Waals surface area (Å²) in [6, 6.07) is 0. The van der Waals surface area contributed by atoms with Gasteiger partial charge in [-0.05, 0) is 11.2 Å². The van der Waals surface area contributed by atoms with E-state index in [1.54, 1.807) is 12.2 Å². The molecule has 1 unspecified atom stereocenters. The van der Waals surface area contributed by atoms with Gasteiger partial charge in [0.05, 0.1) is 0 Å². The molecule has 0 saturated carbocycles. The van der Waals surface area contributed by atoms with Crippen LogP contribution in [0.25, 0.3) is 0 Å². The molecule has 14 heavy (non-hydrogen) atoms. The van der Waals surface area contributed by atoms with Crippen LogP contribution in [-0.2, 0) is 4.79 Å². The van der Waals surface area contributed by atoms with Crippen LogP contribution in [0.2, 0.25) is 0 Å². The summed E-state index contributed by atoms with van der Waals surface area (Å²) < 4.78 is 0. The van der Waals surface area contributed by atoms with Crippen LogP contribution in [-0.4, -0.2) is 33.3 Å². The summed E-state index contributed by atoms with van der Waals surface area (Å²) in [6.45, 7) is -0.855. The van der Waals surface area contributed by atoms with E-state index in [1.807, 2.05) is 0 Å². The first-order valence-corrected chi connectivity index (χ1v) is 3.97. The molecule has 0 bridgehead atoms. The van der Waals surface area contributed by atoms with Crippen LogP contribution in [0.15, 0.2) is 29.4 Å². The fraction of sp³-hybridized carbons (Fsp3) is 0.375. The largest absolute Gasteiger partial charge is 0.598 e. The quantitative estimate of drug-likeness (QED) is 0.294. The van der Waals surface area contributed by atoms with Crippen molar-refractivity contribution in [2.45, 2.75) is 12.0 Å². The molecule has 0 radical (unpaired) electrons. The number of azo groups is 1. The number of carbonyl (C=O) groups is 1. The van der Waals surface area contributed by atoms with E-state index in [0.29, 0.717) is 0 Å². The number of aliphatic hydroxyl groups excluding tert-OH is 1. The first-order valence-electron chi connectivity index (χ1n) is 3.97. The van der Waals surface area contributed by atoms with Crippen LogP contribution in [0.5, 0.6) is 0 Å². The van der Waals surface area contributed by atoms with Crippen molar-refractivity contribution in [2.24, 2.45) is 5.11 Å². The number of aliphatic hydroxyl groups is 1. The predicted molar refractivity (Wildman–Crippen MR) is 46.4 cm³/mol. The van der Waals surface area contributed by atoms with Gasteiger partial charge in [-0.1, -0.05) is 23.1 Å². The molecule has 76 valence electrons. The number of carboxylic acids is 1. The highest BCUT2D eigenvalue weighted by Gasteiger charge is 2.39. The number of aliphatic carboxylic acids is 1. The van der Waals surface area contributed by atoms with Crippen molar-refractivity contribution in [3.8, 4) is 0 Å². The molecule has 0 saturated heterocycles. The van der Waals surface area contributed by atoms with E-state index in [4.69, 9.17) is 10.2 Å². The highest BCUT2D eigenvalue weighted by molar-refractivity contribution is 5.82. The second kappa shape index (κ2) is 4.01. The second-order valence-electron chi connectivity index (χ2n) is 2.81. The minimum Gasteiger partial charge on any atom is -0.598 e. The summed E-state index contributed by atoms with van der Waals surface area (Å²) in [5, 5.41) is 31.5. The molecular formula is C8H10N2O4. The van der Waals surface area contributed by atoms with E-state index in [2.05, 4.69) is 5.11 Å². The third-order valence-corrected chi connectivity index (χ3v) is 1.83. The fourth-order valence-electron chi connectivity index (χ4n) is 1.12. The zero-order chi connectivity index (χ0) is 10.6. The van der Waals surface area contributed by atoms with Crippen molar-refractivity contribution < 1.29 is 19.9 Å². The van der Waals surface area contributed by atoms with Crippen molar-refractivity contribution in [3.05, 3.63) is 29.5 Å². The topological polar surface area (TPSA) is 96.0 Å². The normalized spacial score (nSPS) is 26.5. The minimum atomic E-state index is -1.57. The molecule has 0 heterocycles. The molecule has 1 aliphatic carbocycles. The van der Waals surface area contributed by atoms with Gasteiger partial charge in [-0.2, -0.15) is 0 Å². The van der Waals surface area contributed by atoms with Gasteiger partial charge < -0.3 is 15.4 Å². The molecule has 0 fully saturated rings. The van der Waals surface area contributed by atoms with E-state index in [9.17, 15) is 10.0 Å². The molecule has 6 heteroatoms. The van der Waals surface area contributed by atoms with Crippen LogP contribution < -0.4 is 0 Å². The Hall–Kier alpha value is -1.69. The van der Waals surface area contributed by atoms with Gasteiger partial charge in [0.1, 0.15) is 0 Å². The molecule has 0 aliphatic heterocycles. The van der Waals surface area contributed by atoms with Gasteiger partial charge in [-0.15, -0.1) is 0 Å². The van der Waals surface area contributed by atoms with Gasteiger partial charge in [0.15, 0.2) is 0 Å². The molecule has 1 atom stereocenters. The lowest BCUT2D eigenvalue weighted by molar-refractivity contribution is -0.570. The number of hydrogen-bond acceptors (Lipinski definition) is 4. The van der Waals surface area contributed by atoms with Crippen LogP contribution in [0.1, 0.15) is 6.42 Å². The monoisotopic (exact) mass is 198 g/mol. The summed E-state index contributed by atoms with van der Waals surface area (Å²) in [7, 11) is 0. The maximum Gasteiger partial charge on any atom is 0.342 e. The first-order chi connectivity index (χ1) is 6.60. The lowest BCUT2D eigenvalue weighted by Gasteiger charge is -2.18. The van der Waals surface area contributed by atoms with Crippen LogP contribution in [0.3, 0.4) is 0 Å². The molecular weight excluding hydrogens is 188 g/mol.